The number of hydrogen-bond donors (Lipinski definition) is 13. The van der Waals surface area contributed by atoms with Crippen molar-refractivity contribution in [3.8, 4) is 0 Å². The summed E-state index contributed by atoms with van der Waals surface area (Å²) in [5.41, 5.74) is -6.02. The summed E-state index contributed by atoms with van der Waals surface area (Å²) in [5.74, 6) is -4.78. The van der Waals surface area contributed by atoms with Gasteiger partial charge in [0.1, 0.15) is 67.1 Å². The molecule has 454 valence electrons. The van der Waals surface area contributed by atoms with Crippen LogP contribution in [0.3, 0.4) is 0 Å². The second-order valence-corrected chi connectivity index (χ2v) is 25.4. The third kappa shape index (κ3) is 9.75. The minimum Gasteiger partial charge on any atom is -0.479 e. The van der Waals surface area contributed by atoms with Crippen LogP contribution in [0, 0.1) is 44.8 Å². The Bertz CT molecular complexity index is 2390. The standard InChI is InChI=1S/C56H86O24/c1-11-23(3)46(70)79-43-44(80-47(71)24(4)12-2)56(22-59)26(19-51(43,5)6)25-13-14-29-52(7)17-16-31(55(10,72)30(52)15-18-53(29,8)54(25,9)41(66)42(56)67)75-50-40(78-49-36(64)34(62)32(60)27(20-57)73-49)38(37(65)39(77-50)45(68)69)76-48-35(63)33(61)28(21-58)74-48/h11-13,26-44,48-50,57-67,72H,14-22H2,1-10H3,(H,68,69). The van der Waals surface area contributed by atoms with Gasteiger partial charge in [0, 0.05) is 22.0 Å². The summed E-state index contributed by atoms with van der Waals surface area (Å²) in [6, 6.07) is 0. The Hall–Kier alpha value is -3.09. The number of hydrogen-bond acceptors (Lipinski definition) is 23. The number of aliphatic carboxylic acids is 1. The molecule has 3 aliphatic heterocycles. The largest absolute Gasteiger partial charge is 0.479 e. The van der Waals surface area contributed by atoms with E-state index in [9.17, 15) is 80.8 Å². The molecule has 3 heterocycles. The number of aliphatic hydroxyl groups excluding tert-OH is 11. The number of carbonyl (C=O) groups excluding carboxylic acids is 2. The van der Waals surface area contributed by atoms with Crippen LogP contribution >= 0.6 is 0 Å². The van der Waals surface area contributed by atoms with Gasteiger partial charge in [0.15, 0.2) is 31.1 Å². The molecule has 27 atom stereocenters. The molecule has 8 aliphatic rings. The Morgan fingerprint density at radius 3 is 1.73 bits per heavy atom. The minimum atomic E-state index is -2.19. The zero-order valence-corrected chi connectivity index (χ0v) is 47.1. The quantitative estimate of drug-likeness (QED) is 0.0429. The SMILES string of the molecule is CC=C(C)C(=O)OC1C(OC(=O)C(C)=CC)C2(CO)C(CC1(C)C)C1=CCC3C4(C)CCC(OC5OC(C(=O)O)C(O)C(OC6OC(CO)C(O)C6O)C5OC5OC(CO)C(O)C(O)C5O)C(C)(O)C4CCC3(C)C1(C)C(O)C2O. The molecule has 3 saturated heterocycles. The molecule has 4 saturated carbocycles. The molecule has 8 rings (SSSR count). The van der Waals surface area contributed by atoms with Gasteiger partial charge in [0.25, 0.3) is 0 Å². The fourth-order valence-electron chi connectivity index (χ4n) is 15.9. The molecular formula is C56H86O24. The molecule has 80 heavy (non-hydrogen) atoms. The molecule has 24 heteroatoms. The maximum absolute atomic E-state index is 13.8. The molecule has 13 N–H and O–H groups in total. The van der Waals surface area contributed by atoms with Crippen molar-refractivity contribution in [2.75, 3.05) is 19.8 Å². The van der Waals surface area contributed by atoms with E-state index >= 15 is 0 Å². The number of ether oxygens (including phenoxy) is 8. The first-order chi connectivity index (χ1) is 37.3. The van der Waals surface area contributed by atoms with E-state index in [-0.39, 0.29) is 24.3 Å². The molecule has 0 aromatic rings. The van der Waals surface area contributed by atoms with Gasteiger partial charge in [-0.2, -0.15) is 0 Å². The zero-order chi connectivity index (χ0) is 59.3. The van der Waals surface area contributed by atoms with Crippen molar-refractivity contribution in [1.29, 1.82) is 0 Å². The molecule has 5 aliphatic carbocycles. The lowest BCUT2D eigenvalue weighted by atomic mass is 9.33. The third-order valence-corrected chi connectivity index (χ3v) is 21.0. The van der Waals surface area contributed by atoms with Crippen molar-refractivity contribution in [1.82, 2.24) is 0 Å². The Kier molecular flexibility index (Phi) is 17.9. The van der Waals surface area contributed by atoms with E-state index < -0.39 is 199 Å². The highest BCUT2D eigenvalue weighted by Gasteiger charge is 2.77. The number of allylic oxidation sites excluding steroid dienone is 3. The lowest BCUT2D eigenvalue weighted by molar-refractivity contribution is -0.388. The number of carbonyl (C=O) groups is 3. The van der Waals surface area contributed by atoms with Crippen LogP contribution in [-0.4, -0.2) is 226 Å². The number of esters is 2. The number of carboxylic acids is 1. The topological polar surface area (TPSA) is 388 Å². The average Bonchev–Trinajstić information content (AvgIpc) is 3.72. The van der Waals surface area contributed by atoms with Crippen molar-refractivity contribution in [3.63, 3.8) is 0 Å². The van der Waals surface area contributed by atoms with Gasteiger partial charge in [-0.1, -0.05) is 58.4 Å². The third-order valence-electron chi connectivity index (χ3n) is 21.0. The predicted molar refractivity (Wildman–Crippen MR) is 274 cm³/mol. The van der Waals surface area contributed by atoms with Crippen molar-refractivity contribution >= 4 is 17.9 Å². The number of fused-ring (bicyclic) bond motifs is 7. The van der Waals surface area contributed by atoms with Gasteiger partial charge >= 0.3 is 17.9 Å². The monoisotopic (exact) mass is 1140 g/mol. The summed E-state index contributed by atoms with van der Waals surface area (Å²) in [7, 11) is 0. The first kappa shape index (κ1) is 62.9. The molecule has 24 nitrogen and oxygen atoms in total. The highest BCUT2D eigenvalue weighted by Crippen LogP contribution is 2.75. The van der Waals surface area contributed by atoms with Gasteiger partial charge in [0.2, 0.25) is 0 Å². The van der Waals surface area contributed by atoms with E-state index in [0.717, 1.165) is 5.57 Å². The van der Waals surface area contributed by atoms with Crippen molar-refractivity contribution in [2.45, 2.75) is 230 Å². The van der Waals surface area contributed by atoms with E-state index in [1.807, 2.05) is 26.8 Å². The number of carboxylic acid groups (broad SMARTS) is 1. The van der Waals surface area contributed by atoms with Crippen LogP contribution in [0.5, 0.6) is 0 Å². The van der Waals surface area contributed by atoms with E-state index in [2.05, 4.69) is 13.8 Å². The Labute approximate surface area is 464 Å². The van der Waals surface area contributed by atoms with Crippen LogP contribution in [0.1, 0.15) is 108 Å². The maximum Gasteiger partial charge on any atom is 0.335 e. The summed E-state index contributed by atoms with van der Waals surface area (Å²) >= 11 is 0. The highest BCUT2D eigenvalue weighted by molar-refractivity contribution is 5.89. The summed E-state index contributed by atoms with van der Waals surface area (Å²) in [4.78, 5) is 40.2. The van der Waals surface area contributed by atoms with E-state index in [1.54, 1.807) is 46.8 Å². The zero-order valence-electron chi connectivity index (χ0n) is 47.1. The van der Waals surface area contributed by atoms with Crippen molar-refractivity contribution in [2.24, 2.45) is 44.8 Å². The van der Waals surface area contributed by atoms with Crippen LogP contribution in [0.25, 0.3) is 0 Å². The Balaban J connectivity index is 1.14. The molecule has 0 spiro atoms. The predicted octanol–water partition coefficient (Wildman–Crippen LogP) is -1.01. The average molecular weight is 1140 g/mol. The van der Waals surface area contributed by atoms with Gasteiger partial charge in [-0.3, -0.25) is 0 Å². The maximum atomic E-state index is 13.8. The molecule has 0 radical (unpaired) electrons. The smallest absolute Gasteiger partial charge is 0.335 e. The van der Waals surface area contributed by atoms with E-state index in [1.165, 1.54) is 0 Å². The number of rotatable bonds is 14. The molecule has 0 bridgehead atoms. The van der Waals surface area contributed by atoms with Gasteiger partial charge in [-0.05, 0) is 102 Å². The lowest BCUT2D eigenvalue weighted by Crippen LogP contribution is -2.77. The van der Waals surface area contributed by atoms with Crippen molar-refractivity contribution < 1.29 is 119 Å². The van der Waals surface area contributed by atoms with Crippen LogP contribution < -0.4 is 0 Å². The first-order valence-corrected chi connectivity index (χ1v) is 27.9. The summed E-state index contributed by atoms with van der Waals surface area (Å²) < 4.78 is 48.4. The molecule has 0 amide bonds. The summed E-state index contributed by atoms with van der Waals surface area (Å²) in [5, 5.41) is 147. The Morgan fingerprint density at radius 1 is 0.650 bits per heavy atom. The molecular weight excluding hydrogens is 1060 g/mol. The summed E-state index contributed by atoms with van der Waals surface area (Å²) in [6.45, 7) is 15.4. The van der Waals surface area contributed by atoms with Gasteiger partial charge in [-0.25, -0.2) is 14.4 Å². The van der Waals surface area contributed by atoms with Gasteiger partial charge in [0.05, 0.1) is 49.1 Å². The molecule has 7 fully saturated rings. The van der Waals surface area contributed by atoms with Gasteiger partial charge < -0.3 is 104 Å². The number of aliphatic hydroxyl groups is 12. The van der Waals surface area contributed by atoms with Crippen LogP contribution in [0.4, 0.5) is 0 Å². The van der Waals surface area contributed by atoms with E-state index in [0.29, 0.717) is 31.3 Å². The Morgan fingerprint density at radius 2 is 1.19 bits per heavy atom. The second-order valence-electron chi connectivity index (χ2n) is 25.4. The summed E-state index contributed by atoms with van der Waals surface area (Å²) in [6.07, 6.45) is -26.5. The molecule has 27 unspecified atom stereocenters. The van der Waals surface area contributed by atoms with Crippen molar-refractivity contribution in [3.05, 3.63) is 34.9 Å². The van der Waals surface area contributed by atoms with E-state index in [4.69, 9.17) is 37.9 Å². The molecule has 0 aromatic carbocycles. The minimum absolute atomic E-state index is 0.0637. The fraction of sp³-hybridized carbons (Fsp3) is 0.839. The molecule has 0 aromatic heterocycles. The second kappa shape index (κ2) is 22.7. The van der Waals surface area contributed by atoms with Gasteiger partial charge in [-0.15, -0.1) is 0 Å². The van der Waals surface area contributed by atoms with Crippen LogP contribution in [0.2, 0.25) is 0 Å². The van der Waals surface area contributed by atoms with Crippen LogP contribution in [-0.2, 0) is 52.3 Å². The highest BCUT2D eigenvalue weighted by atomic mass is 16.8. The normalized spacial score (nSPS) is 50.2. The first-order valence-electron chi connectivity index (χ1n) is 27.9. The van der Waals surface area contributed by atoms with Crippen LogP contribution in [0.15, 0.2) is 34.9 Å². The lowest BCUT2D eigenvalue weighted by Gasteiger charge is -2.73. The fourth-order valence-corrected chi connectivity index (χ4v) is 15.9.